The predicted octanol–water partition coefficient (Wildman–Crippen LogP) is 3.00. The van der Waals surface area contributed by atoms with Crippen LogP contribution in [0.1, 0.15) is 19.3 Å². The summed E-state index contributed by atoms with van der Waals surface area (Å²) >= 11 is 0. The van der Waals surface area contributed by atoms with Crippen molar-refractivity contribution in [2.75, 3.05) is 11.4 Å². The Kier molecular flexibility index (Phi) is 1.89. The van der Waals surface area contributed by atoms with Gasteiger partial charge in [0, 0.05) is 17.6 Å². The van der Waals surface area contributed by atoms with E-state index < -0.39 is 0 Å². The lowest BCUT2D eigenvalue weighted by Crippen LogP contribution is -2.41. The van der Waals surface area contributed by atoms with Crippen LogP contribution >= 0.6 is 0 Å². The highest BCUT2D eigenvalue weighted by Gasteiger charge is 2.65. The smallest absolute Gasteiger partial charge is 0.110 e. The number of ether oxygens (including phenoxy) is 1. The van der Waals surface area contributed by atoms with Gasteiger partial charge in [-0.3, -0.25) is 0 Å². The molecule has 0 N–H and O–H groups in total. The zero-order chi connectivity index (χ0) is 12.4. The number of anilines is 1. The van der Waals surface area contributed by atoms with Crippen molar-refractivity contribution in [1.82, 2.24) is 0 Å². The van der Waals surface area contributed by atoms with Crippen LogP contribution in [0.3, 0.4) is 0 Å². The number of rotatable bonds is 1. The second-order valence-corrected chi connectivity index (χ2v) is 6.55. The van der Waals surface area contributed by atoms with Gasteiger partial charge in [-0.2, -0.15) is 0 Å². The van der Waals surface area contributed by atoms with E-state index in [2.05, 4.69) is 47.4 Å². The minimum Gasteiger partial charge on any atom is -0.365 e. The van der Waals surface area contributed by atoms with Crippen molar-refractivity contribution in [2.45, 2.75) is 37.0 Å². The molecule has 1 spiro atoms. The molecule has 98 valence electrons. The molecule has 5 atom stereocenters. The molecule has 5 rings (SSSR count). The summed E-state index contributed by atoms with van der Waals surface area (Å²) in [6.45, 7) is 1.05. The highest BCUT2D eigenvalue weighted by atomic mass is 16.5. The second kappa shape index (κ2) is 3.43. The Morgan fingerprint density at radius 1 is 1.16 bits per heavy atom. The van der Waals surface area contributed by atoms with Crippen molar-refractivity contribution in [3.05, 3.63) is 42.5 Å². The highest BCUT2D eigenvalue weighted by Crippen LogP contribution is 2.58. The molecule has 19 heavy (non-hydrogen) atoms. The fourth-order valence-electron chi connectivity index (χ4n) is 5.10. The van der Waals surface area contributed by atoms with Gasteiger partial charge in [0.2, 0.25) is 0 Å². The molecule has 2 bridgehead atoms. The number of fused-ring (bicyclic) bond motifs is 2. The molecule has 3 heterocycles. The molecule has 4 aliphatic rings. The summed E-state index contributed by atoms with van der Waals surface area (Å²) in [5, 5.41) is 0. The Hall–Kier alpha value is -1.28. The van der Waals surface area contributed by atoms with E-state index in [0.29, 0.717) is 12.1 Å². The third-order valence-electron chi connectivity index (χ3n) is 5.73. The molecule has 1 aliphatic carbocycles. The van der Waals surface area contributed by atoms with Crippen LogP contribution in [0.15, 0.2) is 42.5 Å². The number of hydrogen-bond donors (Lipinski definition) is 0. The van der Waals surface area contributed by atoms with Crippen molar-refractivity contribution >= 4 is 5.69 Å². The largest absolute Gasteiger partial charge is 0.365 e. The molecule has 2 saturated heterocycles. The molecule has 3 fully saturated rings. The minimum absolute atomic E-state index is 0.0380. The van der Waals surface area contributed by atoms with E-state index in [9.17, 15) is 0 Å². The zero-order valence-electron chi connectivity index (χ0n) is 11.0. The van der Waals surface area contributed by atoms with E-state index in [4.69, 9.17) is 4.74 Å². The minimum atomic E-state index is 0.0380. The van der Waals surface area contributed by atoms with Gasteiger partial charge in [-0.05, 0) is 30.9 Å². The van der Waals surface area contributed by atoms with Gasteiger partial charge in [-0.25, -0.2) is 0 Å². The summed E-state index contributed by atoms with van der Waals surface area (Å²) in [6.07, 6.45) is 9.19. The van der Waals surface area contributed by atoms with E-state index in [-0.39, 0.29) is 5.60 Å². The summed E-state index contributed by atoms with van der Waals surface area (Å²) in [7, 11) is 0. The second-order valence-electron chi connectivity index (χ2n) is 6.55. The molecule has 1 aromatic carbocycles. The molecule has 2 nitrogen and oxygen atoms in total. The zero-order valence-corrected chi connectivity index (χ0v) is 11.0. The molecule has 1 aromatic rings. The highest BCUT2D eigenvalue weighted by molar-refractivity contribution is 5.52. The van der Waals surface area contributed by atoms with Gasteiger partial charge >= 0.3 is 0 Å². The first-order valence-corrected chi connectivity index (χ1v) is 7.56. The van der Waals surface area contributed by atoms with Crippen LogP contribution in [0.4, 0.5) is 5.69 Å². The molecule has 1 saturated carbocycles. The SMILES string of the molecule is C1=C[C@@]23CN(c4ccccc4)C4CCCC(C42)[C@@H]1O3. The van der Waals surface area contributed by atoms with Gasteiger partial charge in [0.1, 0.15) is 5.60 Å². The van der Waals surface area contributed by atoms with Gasteiger partial charge < -0.3 is 9.64 Å². The average molecular weight is 253 g/mol. The fraction of sp³-hybridized carbons (Fsp3) is 0.529. The van der Waals surface area contributed by atoms with E-state index in [1.54, 1.807) is 0 Å². The maximum atomic E-state index is 6.40. The predicted molar refractivity (Wildman–Crippen MR) is 75.2 cm³/mol. The van der Waals surface area contributed by atoms with E-state index in [0.717, 1.165) is 18.4 Å². The Morgan fingerprint density at radius 2 is 2.05 bits per heavy atom. The lowest BCUT2D eigenvalue weighted by molar-refractivity contribution is 0.0319. The molecule has 3 aliphatic heterocycles. The summed E-state index contributed by atoms with van der Waals surface area (Å²) in [6, 6.07) is 11.6. The normalized spacial score (nSPS) is 45.8. The first-order valence-electron chi connectivity index (χ1n) is 7.56. The van der Waals surface area contributed by atoms with Gasteiger partial charge in [0.15, 0.2) is 0 Å². The van der Waals surface area contributed by atoms with Gasteiger partial charge in [0.05, 0.1) is 12.6 Å². The third-order valence-corrected chi connectivity index (χ3v) is 5.73. The molecular weight excluding hydrogens is 234 g/mol. The Morgan fingerprint density at radius 3 is 2.95 bits per heavy atom. The number of benzene rings is 1. The van der Waals surface area contributed by atoms with Crippen molar-refractivity contribution in [2.24, 2.45) is 11.8 Å². The lowest BCUT2D eigenvalue weighted by Gasteiger charge is -2.37. The van der Waals surface area contributed by atoms with Crippen molar-refractivity contribution in [3.63, 3.8) is 0 Å². The lowest BCUT2D eigenvalue weighted by atomic mass is 9.68. The van der Waals surface area contributed by atoms with Crippen molar-refractivity contribution in [3.8, 4) is 0 Å². The standard InChI is InChI=1S/C17H19NO/c1-2-5-12(6-3-1)18-11-17-10-9-15(19-17)13-7-4-8-14(18)16(13)17/h1-3,5-6,9-10,13-16H,4,7-8,11H2/t13?,14?,15-,16?,17-/m1/s1. The maximum absolute atomic E-state index is 6.40. The monoisotopic (exact) mass is 253 g/mol. The van der Waals surface area contributed by atoms with E-state index in [1.807, 2.05) is 0 Å². The van der Waals surface area contributed by atoms with E-state index >= 15 is 0 Å². The third kappa shape index (κ3) is 1.21. The molecule has 3 unspecified atom stereocenters. The number of nitrogens with zero attached hydrogens (tertiary/aromatic N) is 1. The van der Waals surface area contributed by atoms with Gasteiger partial charge in [-0.1, -0.05) is 36.8 Å². The topological polar surface area (TPSA) is 12.5 Å². The summed E-state index contributed by atoms with van der Waals surface area (Å²) in [4.78, 5) is 2.61. The molecule has 0 radical (unpaired) electrons. The maximum Gasteiger partial charge on any atom is 0.110 e. The summed E-state index contributed by atoms with van der Waals surface area (Å²) in [5.41, 5.74) is 1.41. The molecule has 0 amide bonds. The van der Waals surface area contributed by atoms with E-state index in [1.165, 1.54) is 24.9 Å². The van der Waals surface area contributed by atoms with Crippen LogP contribution < -0.4 is 4.90 Å². The molecular formula is C17H19NO. The number of para-hydroxylation sites is 1. The first-order chi connectivity index (χ1) is 9.37. The van der Waals surface area contributed by atoms with Crippen LogP contribution in [-0.2, 0) is 4.74 Å². The molecule has 0 aromatic heterocycles. The number of hydrogen-bond acceptors (Lipinski definition) is 2. The Bertz CT molecular complexity index is 539. The van der Waals surface area contributed by atoms with Gasteiger partial charge in [-0.15, -0.1) is 0 Å². The van der Waals surface area contributed by atoms with Crippen LogP contribution in [-0.4, -0.2) is 24.3 Å². The average Bonchev–Trinajstić information content (AvgIpc) is 3.12. The quantitative estimate of drug-likeness (QED) is 0.713. The van der Waals surface area contributed by atoms with Crippen LogP contribution in [0.5, 0.6) is 0 Å². The van der Waals surface area contributed by atoms with Crippen LogP contribution in [0, 0.1) is 11.8 Å². The van der Waals surface area contributed by atoms with Crippen molar-refractivity contribution < 1.29 is 4.74 Å². The van der Waals surface area contributed by atoms with Crippen LogP contribution in [0.25, 0.3) is 0 Å². The summed E-state index contributed by atoms with van der Waals surface area (Å²) in [5.74, 6) is 1.51. The first kappa shape index (κ1) is 10.5. The van der Waals surface area contributed by atoms with Crippen molar-refractivity contribution in [1.29, 1.82) is 0 Å². The summed E-state index contributed by atoms with van der Waals surface area (Å²) < 4.78 is 6.40. The van der Waals surface area contributed by atoms with Crippen LogP contribution in [0.2, 0.25) is 0 Å². The Labute approximate surface area is 114 Å². The molecule has 2 heteroatoms. The van der Waals surface area contributed by atoms with Gasteiger partial charge in [0.25, 0.3) is 0 Å². The Balaban J connectivity index is 1.60. The fourth-order valence-corrected chi connectivity index (χ4v) is 5.10.